The summed E-state index contributed by atoms with van der Waals surface area (Å²) in [6.07, 6.45) is 0.963. The van der Waals surface area contributed by atoms with E-state index in [0.29, 0.717) is 18.1 Å². The normalized spacial score (nSPS) is 14.2. The molecule has 4 nitrogen and oxygen atoms in total. The van der Waals surface area contributed by atoms with Gasteiger partial charge in [0.05, 0.1) is 6.61 Å². The predicted molar refractivity (Wildman–Crippen MR) is 78.2 cm³/mol. The molecular weight excluding hydrogens is 264 g/mol. The first-order chi connectivity index (χ1) is 8.79. The molecule has 0 atom stereocenters. The Balaban J connectivity index is 0.00000180. The number of carbonyl (C=O) groups excluding carboxylic acids is 1. The molecule has 0 saturated carbocycles. The molecule has 1 aromatic carbocycles. The van der Waals surface area contributed by atoms with E-state index in [1.54, 1.807) is 6.07 Å². The summed E-state index contributed by atoms with van der Waals surface area (Å²) in [5.41, 5.74) is 0.663. The zero-order valence-corrected chi connectivity index (χ0v) is 12.0. The highest BCUT2D eigenvalue weighted by Crippen LogP contribution is 2.13. The molecule has 1 heterocycles. The zero-order valence-electron chi connectivity index (χ0n) is 11.1. The molecule has 1 saturated heterocycles. The lowest BCUT2D eigenvalue weighted by molar-refractivity contribution is 0.0941. The van der Waals surface area contributed by atoms with E-state index in [1.165, 1.54) is 0 Å². The summed E-state index contributed by atoms with van der Waals surface area (Å²) in [5, 5.41) is 6.14. The second kappa shape index (κ2) is 8.02. The van der Waals surface area contributed by atoms with Crippen LogP contribution in [0.2, 0.25) is 0 Å². The highest BCUT2D eigenvalue weighted by molar-refractivity contribution is 5.94. The fourth-order valence-electron chi connectivity index (χ4n) is 1.78. The van der Waals surface area contributed by atoms with Crippen molar-refractivity contribution in [3.05, 3.63) is 29.8 Å². The van der Waals surface area contributed by atoms with Crippen molar-refractivity contribution in [1.82, 2.24) is 10.6 Å². The van der Waals surface area contributed by atoms with Crippen LogP contribution in [-0.4, -0.2) is 32.1 Å². The average Bonchev–Trinajstić information content (AvgIpc) is 2.34. The van der Waals surface area contributed by atoms with Crippen molar-refractivity contribution in [3.8, 4) is 5.75 Å². The van der Waals surface area contributed by atoms with Gasteiger partial charge in [-0.05, 0) is 24.6 Å². The van der Waals surface area contributed by atoms with Crippen LogP contribution in [0.4, 0.5) is 0 Å². The maximum absolute atomic E-state index is 11.9. The summed E-state index contributed by atoms with van der Waals surface area (Å²) in [7, 11) is 0. The standard InChI is InChI=1S/C14H20N2O2.ClH/c1-2-6-18-13-5-3-4-12(7-13)14(17)16-10-11-8-15-9-11;/h3-5,7,11,15H,2,6,8-10H2,1H3,(H,16,17);1H. The highest BCUT2D eigenvalue weighted by atomic mass is 35.5. The molecule has 0 radical (unpaired) electrons. The van der Waals surface area contributed by atoms with Crippen LogP contribution >= 0.6 is 12.4 Å². The zero-order chi connectivity index (χ0) is 12.8. The van der Waals surface area contributed by atoms with Crippen LogP contribution in [0.3, 0.4) is 0 Å². The highest BCUT2D eigenvalue weighted by Gasteiger charge is 2.17. The number of nitrogens with one attached hydrogen (secondary N) is 2. The molecule has 0 aromatic heterocycles. The molecule has 1 aliphatic rings. The van der Waals surface area contributed by atoms with E-state index in [4.69, 9.17) is 4.74 Å². The number of hydrogen-bond donors (Lipinski definition) is 2. The molecule has 1 aliphatic heterocycles. The van der Waals surface area contributed by atoms with Crippen molar-refractivity contribution in [2.24, 2.45) is 5.92 Å². The van der Waals surface area contributed by atoms with E-state index in [2.05, 4.69) is 17.6 Å². The molecule has 0 bridgehead atoms. The van der Waals surface area contributed by atoms with Gasteiger partial charge in [0, 0.05) is 31.1 Å². The lowest BCUT2D eigenvalue weighted by Crippen LogP contribution is -2.48. The van der Waals surface area contributed by atoms with Crippen LogP contribution in [0.15, 0.2) is 24.3 Å². The van der Waals surface area contributed by atoms with Crippen LogP contribution in [0.5, 0.6) is 5.75 Å². The van der Waals surface area contributed by atoms with Crippen molar-refractivity contribution < 1.29 is 9.53 Å². The van der Waals surface area contributed by atoms with Gasteiger partial charge in [-0.15, -0.1) is 12.4 Å². The minimum atomic E-state index is -0.0242. The predicted octanol–water partition coefficient (Wildman–Crippen LogP) is 1.85. The molecule has 1 aromatic rings. The third-order valence-corrected chi connectivity index (χ3v) is 2.99. The quantitative estimate of drug-likeness (QED) is 0.838. The van der Waals surface area contributed by atoms with Gasteiger partial charge in [-0.25, -0.2) is 0 Å². The molecular formula is C14H21ClN2O2. The molecule has 19 heavy (non-hydrogen) atoms. The lowest BCUT2D eigenvalue weighted by Gasteiger charge is -2.27. The summed E-state index contributed by atoms with van der Waals surface area (Å²) in [5.74, 6) is 1.31. The first-order valence-electron chi connectivity index (χ1n) is 6.51. The minimum Gasteiger partial charge on any atom is -0.494 e. The van der Waals surface area contributed by atoms with E-state index in [0.717, 1.165) is 31.8 Å². The van der Waals surface area contributed by atoms with Crippen LogP contribution in [0.1, 0.15) is 23.7 Å². The molecule has 0 unspecified atom stereocenters. The number of rotatable bonds is 6. The summed E-state index contributed by atoms with van der Waals surface area (Å²) < 4.78 is 5.51. The molecule has 1 amide bonds. The monoisotopic (exact) mass is 284 g/mol. The van der Waals surface area contributed by atoms with Gasteiger partial charge in [0.1, 0.15) is 5.75 Å². The van der Waals surface area contributed by atoms with Crippen molar-refractivity contribution in [3.63, 3.8) is 0 Å². The number of amides is 1. The first kappa shape index (κ1) is 15.8. The number of benzene rings is 1. The lowest BCUT2D eigenvalue weighted by atomic mass is 10.0. The molecule has 0 aliphatic carbocycles. The van der Waals surface area contributed by atoms with Gasteiger partial charge in [0.25, 0.3) is 5.91 Å². The summed E-state index contributed by atoms with van der Waals surface area (Å²) in [6, 6.07) is 7.34. The van der Waals surface area contributed by atoms with E-state index in [9.17, 15) is 4.79 Å². The van der Waals surface area contributed by atoms with Crippen molar-refractivity contribution in [1.29, 1.82) is 0 Å². The number of hydrogen-bond acceptors (Lipinski definition) is 3. The van der Waals surface area contributed by atoms with Gasteiger partial charge < -0.3 is 15.4 Å². The van der Waals surface area contributed by atoms with Gasteiger partial charge in [-0.1, -0.05) is 13.0 Å². The first-order valence-corrected chi connectivity index (χ1v) is 6.51. The van der Waals surface area contributed by atoms with E-state index in [1.807, 2.05) is 18.2 Å². The van der Waals surface area contributed by atoms with Gasteiger partial charge in [0.15, 0.2) is 0 Å². The Labute approximate surface area is 120 Å². The van der Waals surface area contributed by atoms with Crippen LogP contribution in [-0.2, 0) is 0 Å². The summed E-state index contributed by atoms with van der Waals surface area (Å²) in [4.78, 5) is 11.9. The molecule has 2 N–H and O–H groups in total. The fourth-order valence-corrected chi connectivity index (χ4v) is 1.78. The smallest absolute Gasteiger partial charge is 0.251 e. The van der Waals surface area contributed by atoms with E-state index >= 15 is 0 Å². The Morgan fingerprint density at radius 2 is 2.26 bits per heavy atom. The van der Waals surface area contributed by atoms with Gasteiger partial charge in [0.2, 0.25) is 0 Å². The second-order valence-corrected chi connectivity index (χ2v) is 4.61. The number of halogens is 1. The molecule has 1 fully saturated rings. The third-order valence-electron chi connectivity index (χ3n) is 2.99. The Kier molecular flexibility index (Phi) is 6.67. The largest absolute Gasteiger partial charge is 0.494 e. The Hall–Kier alpha value is -1.26. The van der Waals surface area contributed by atoms with Crippen LogP contribution < -0.4 is 15.4 Å². The molecule has 0 spiro atoms. The fraction of sp³-hybridized carbons (Fsp3) is 0.500. The van der Waals surface area contributed by atoms with E-state index in [-0.39, 0.29) is 18.3 Å². The average molecular weight is 285 g/mol. The van der Waals surface area contributed by atoms with Crippen LogP contribution in [0.25, 0.3) is 0 Å². The Morgan fingerprint density at radius 3 is 2.89 bits per heavy atom. The second-order valence-electron chi connectivity index (χ2n) is 4.61. The SMILES string of the molecule is CCCOc1cccc(C(=O)NCC2CNC2)c1.Cl. The topological polar surface area (TPSA) is 50.4 Å². The molecule has 106 valence electrons. The minimum absolute atomic E-state index is 0. The third kappa shape index (κ3) is 4.73. The summed E-state index contributed by atoms with van der Waals surface area (Å²) in [6.45, 7) is 5.48. The van der Waals surface area contributed by atoms with Gasteiger partial charge in [-0.3, -0.25) is 4.79 Å². The Morgan fingerprint density at radius 1 is 1.47 bits per heavy atom. The Bertz CT molecular complexity index is 408. The van der Waals surface area contributed by atoms with Crippen molar-refractivity contribution >= 4 is 18.3 Å². The van der Waals surface area contributed by atoms with Gasteiger partial charge >= 0.3 is 0 Å². The van der Waals surface area contributed by atoms with Crippen molar-refractivity contribution in [2.75, 3.05) is 26.2 Å². The number of carbonyl (C=O) groups is 1. The van der Waals surface area contributed by atoms with Crippen LogP contribution in [0, 0.1) is 5.92 Å². The molecule has 2 rings (SSSR count). The van der Waals surface area contributed by atoms with E-state index < -0.39 is 0 Å². The van der Waals surface area contributed by atoms with Crippen molar-refractivity contribution in [2.45, 2.75) is 13.3 Å². The van der Waals surface area contributed by atoms with Gasteiger partial charge in [-0.2, -0.15) is 0 Å². The maximum atomic E-state index is 11.9. The summed E-state index contributed by atoms with van der Waals surface area (Å²) >= 11 is 0. The number of ether oxygens (including phenoxy) is 1. The maximum Gasteiger partial charge on any atom is 0.251 e. The molecule has 5 heteroatoms.